The maximum absolute atomic E-state index is 13.1. The normalized spacial score (nSPS) is 25.2. The Morgan fingerprint density at radius 2 is 1.94 bits per heavy atom. The predicted octanol–water partition coefficient (Wildman–Crippen LogP) is 4.63. The molecule has 1 saturated carbocycles. The quantitative estimate of drug-likeness (QED) is 0.669. The minimum absolute atomic E-state index is 0.0370. The molecule has 4 rings (SSSR count). The minimum Gasteiger partial charge on any atom is -0.497 e. The van der Waals surface area contributed by atoms with Crippen molar-refractivity contribution in [3.8, 4) is 11.5 Å². The number of piperidine rings is 1. The van der Waals surface area contributed by atoms with Crippen molar-refractivity contribution in [3.05, 3.63) is 53.1 Å². The van der Waals surface area contributed by atoms with Crippen LogP contribution in [0.1, 0.15) is 54.8 Å². The van der Waals surface area contributed by atoms with Crippen LogP contribution in [-0.4, -0.2) is 48.8 Å². The van der Waals surface area contributed by atoms with Gasteiger partial charge < -0.3 is 19.9 Å². The zero-order valence-electron chi connectivity index (χ0n) is 20.2. The second-order valence-corrected chi connectivity index (χ2v) is 9.60. The molecule has 2 aliphatic rings. The number of hydrogen-bond acceptors (Lipinski definition) is 5. The molecule has 1 aliphatic heterocycles. The number of carbonyl (C=O) groups is 1. The highest BCUT2D eigenvalue weighted by Crippen LogP contribution is 2.51. The van der Waals surface area contributed by atoms with Crippen LogP contribution in [0.15, 0.2) is 36.4 Å². The van der Waals surface area contributed by atoms with Crippen molar-refractivity contribution in [2.24, 2.45) is 5.92 Å². The number of nitrogens with one attached hydrogen (secondary N) is 1. The highest BCUT2D eigenvalue weighted by atomic mass is 16.5. The molecule has 1 amide bonds. The van der Waals surface area contributed by atoms with Crippen LogP contribution >= 0.6 is 0 Å². The lowest BCUT2D eigenvalue weighted by Crippen LogP contribution is -2.56. The van der Waals surface area contributed by atoms with Crippen LogP contribution in [0.4, 0.5) is 5.69 Å². The van der Waals surface area contributed by atoms with Gasteiger partial charge in [0.1, 0.15) is 11.5 Å². The molecule has 6 nitrogen and oxygen atoms in total. The van der Waals surface area contributed by atoms with Crippen molar-refractivity contribution in [2.45, 2.75) is 57.6 Å². The molecule has 1 heterocycles. The van der Waals surface area contributed by atoms with Gasteiger partial charge >= 0.3 is 0 Å². The maximum Gasteiger partial charge on any atom is 0.238 e. The Morgan fingerprint density at radius 3 is 2.67 bits per heavy atom. The molecular weight excluding hydrogens is 416 g/mol. The fourth-order valence-electron chi connectivity index (χ4n) is 5.73. The van der Waals surface area contributed by atoms with E-state index in [4.69, 9.17) is 9.47 Å². The molecule has 0 radical (unpaired) electrons. The first-order valence-corrected chi connectivity index (χ1v) is 11.9. The van der Waals surface area contributed by atoms with Gasteiger partial charge in [0.15, 0.2) is 0 Å². The number of benzene rings is 2. The predicted molar refractivity (Wildman–Crippen MR) is 130 cm³/mol. The molecular formula is C27H36N2O4. The average molecular weight is 453 g/mol. The van der Waals surface area contributed by atoms with Crippen molar-refractivity contribution in [2.75, 3.05) is 32.6 Å². The Kier molecular flexibility index (Phi) is 6.96. The molecule has 3 atom stereocenters. The molecule has 0 aromatic heterocycles. The Bertz CT molecular complexity index is 1010. The number of nitrogens with zero attached hydrogens (tertiary/aromatic N) is 1. The molecule has 0 unspecified atom stereocenters. The highest BCUT2D eigenvalue weighted by Gasteiger charge is 2.50. The molecule has 1 aliphatic carbocycles. The van der Waals surface area contributed by atoms with Crippen molar-refractivity contribution >= 4 is 11.6 Å². The summed E-state index contributed by atoms with van der Waals surface area (Å²) in [6, 6.07) is 11.7. The zero-order chi connectivity index (χ0) is 23.6. The second-order valence-electron chi connectivity index (χ2n) is 9.60. The van der Waals surface area contributed by atoms with Gasteiger partial charge in [0, 0.05) is 29.8 Å². The van der Waals surface area contributed by atoms with Gasteiger partial charge in [0.05, 0.1) is 26.4 Å². The van der Waals surface area contributed by atoms with Gasteiger partial charge in [0.2, 0.25) is 5.91 Å². The van der Waals surface area contributed by atoms with E-state index in [2.05, 4.69) is 16.3 Å². The topological polar surface area (TPSA) is 71.0 Å². The smallest absolute Gasteiger partial charge is 0.238 e. The van der Waals surface area contributed by atoms with Crippen LogP contribution in [0.25, 0.3) is 0 Å². The summed E-state index contributed by atoms with van der Waals surface area (Å²) in [5, 5.41) is 14.7. The van der Waals surface area contributed by atoms with Crippen LogP contribution < -0.4 is 14.8 Å². The number of aliphatic hydroxyl groups is 1. The maximum atomic E-state index is 13.1. The van der Waals surface area contributed by atoms with Crippen molar-refractivity contribution in [3.63, 3.8) is 0 Å². The third-order valence-corrected chi connectivity index (χ3v) is 7.43. The summed E-state index contributed by atoms with van der Waals surface area (Å²) < 4.78 is 11.2. The Labute approximate surface area is 196 Å². The first kappa shape index (κ1) is 23.6. The van der Waals surface area contributed by atoms with Gasteiger partial charge in [-0.1, -0.05) is 30.5 Å². The van der Waals surface area contributed by atoms with E-state index in [1.807, 2.05) is 44.2 Å². The van der Waals surface area contributed by atoms with E-state index in [1.165, 1.54) is 5.56 Å². The number of rotatable bonds is 6. The highest BCUT2D eigenvalue weighted by molar-refractivity contribution is 5.93. The van der Waals surface area contributed by atoms with E-state index < -0.39 is 5.60 Å². The molecule has 178 valence electrons. The number of carbonyl (C=O) groups excluding carboxylic acids is 1. The zero-order valence-corrected chi connectivity index (χ0v) is 20.2. The second kappa shape index (κ2) is 9.74. The number of fused-ring (bicyclic) bond motifs is 1. The third kappa shape index (κ3) is 4.87. The molecule has 2 N–H and O–H groups in total. The van der Waals surface area contributed by atoms with Gasteiger partial charge in [-0.05, 0) is 62.9 Å². The standard InChI is InChI=1S/C27H36N2O4/c1-18-8-10-23(19(2)15-18)28-25(30)17-29-14-13-27(31)12-6-5-7-22(27)26(29)21-16-20(32-3)9-11-24(21)33-4/h8-11,15-16,22,26,31H,5-7,12-14,17H2,1-4H3,(H,28,30)/t22-,26-,27-/m0/s1. The van der Waals surface area contributed by atoms with E-state index in [0.29, 0.717) is 13.0 Å². The van der Waals surface area contributed by atoms with Crippen LogP contribution in [0.2, 0.25) is 0 Å². The van der Waals surface area contributed by atoms with Crippen molar-refractivity contribution in [1.82, 2.24) is 4.90 Å². The number of anilines is 1. The van der Waals surface area contributed by atoms with Gasteiger partial charge in [-0.25, -0.2) is 0 Å². The van der Waals surface area contributed by atoms with Crippen LogP contribution in [0, 0.1) is 19.8 Å². The molecule has 2 aromatic rings. The number of amides is 1. The Balaban J connectivity index is 1.65. The summed E-state index contributed by atoms with van der Waals surface area (Å²) in [7, 11) is 3.32. The Hall–Kier alpha value is -2.57. The third-order valence-electron chi connectivity index (χ3n) is 7.43. The average Bonchev–Trinajstić information content (AvgIpc) is 2.80. The van der Waals surface area contributed by atoms with Gasteiger partial charge in [-0.2, -0.15) is 0 Å². The van der Waals surface area contributed by atoms with Crippen molar-refractivity contribution in [1.29, 1.82) is 0 Å². The Morgan fingerprint density at radius 1 is 1.12 bits per heavy atom. The van der Waals surface area contributed by atoms with E-state index in [1.54, 1.807) is 14.2 Å². The summed E-state index contributed by atoms with van der Waals surface area (Å²) in [4.78, 5) is 15.3. The number of methoxy groups -OCH3 is 2. The first-order valence-electron chi connectivity index (χ1n) is 11.9. The van der Waals surface area contributed by atoms with Crippen LogP contribution in [0.5, 0.6) is 11.5 Å². The van der Waals surface area contributed by atoms with Gasteiger partial charge in [0.25, 0.3) is 0 Å². The number of hydrogen-bond donors (Lipinski definition) is 2. The van der Waals surface area contributed by atoms with Crippen molar-refractivity contribution < 1.29 is 19.4 Å². The molecule has 33 heavy (non-hydrogen) atoms. The molecule has 0 bridgehead atoms. The molecule has 2 fully saturated rings. The molecule has 6 heteroatoms. The van der Waals surface area contributed by atoms with E-state index >= 15 is 0 Å². The number of likely N-dealkylation sites (tertiary alicyclic amines) is 1. The summed E-state index contributed by atoms with van der Waals surface area (Å²) >= 11 is 0. The summed E-state index contributed by atoms with van der Waals surface area (Å²) in [5.74, 6) is 1.50. The lowest BCUT2D eigenvalue weighted by atomic mass is 9.66. The lowest BCUT2D eigenvalue weighted by Gasteiger charge is -2.52. The summed E-state index contributed by atoms with van der Waals surface area (Å²) in [6.45, 7) is 4.96. The monoisotopic (exact) mass is 452 g/mol. The number of ether oxygens (including phenoxy) is 2. The summed E-state index contributed by atoms with van der Waals surface area (Å²) in [5.41, 5.74) is 3.32. The number of aryl methyl sites for hydroxylation is 2. The van der Waals surface area contributed by atoms with Gasteiger partial charge in [-0.3, -0.25) is 9.69 Å². The summed E-state index contributed by atoms with van der Waals surface area (Å²) in [6.07, 6.45) is 4.54. The van der Waals surface area contributed by atoms with E-state index in [-0.39, 0.29) is 24.4 Å². The van der Waals surface area contributed by atoms with E-state index in [0.717, 1.165) is 54.0 Å². The fourth-order valence-corrected chi connectivity index (χ4v) is 5.73. The van der Waals surface area contributed by atoms with E-state index in [9.17, 15) is 9.90 Å². The lowest BCUT2D eigenvalue weighted by molar-refractivity contribution is -0.135. The molecule has 2 aromatic carbocycles. The molecule has 1 saturated heterocycles. The van der Waals surface area contributed by atoms with Gasteiger partial charge in [-0.15, -0.1) is 0 Å². The largest absolute Gasteiger partial charge is 0.497 e. The molecule has 0 spiro atoms. The fraction of sp³-hybridized carbons (Fsp3) is 0.519. The van der Waals surface area contributed by atoms with Crippen LogP contribution in [-0.2, 0) is 4.79 Å². The van der Waals surface area contributed by atoms with Crippen LogP contribution in [0.3, 0.4) is 0 Å². The SMILES string of the molecule is COc1ccc(OC)c([C@H]2[C@@H]3CCCC[C@]3(O)CCN2CC(=O)Nc2ccc(C)cc2C)c1. The minimum atomic E-state index is -0.711. The first-order chi connectivity index (χ1) is 15.8.